The van der Waals surface area contributed by atoms with E-state index in [0.29, 0.717) is 16.6 Å². The van der Waals surface area contributed by atoms with Crippen molar-refractivity contribution in [2.24, 2.45) is 5.92 Å². The largest absolute Gasteiger partial charge is 0.611 e. The Morgan fingerprint density at radius 1 is 1.60 bits per heavy atom. The van der Waals surface area contributed by atoms with Crippen LogP contribution in [0.5, 0.6) is 5.75 Å². The van der Waals surface area contributed by atoms with E-state index in [1.165, 1.54) is 0 Å². The quantitative estimate of drug-likeness (QED) is 0.585. The van der Waals surface area contributed by atoms with Crippen molar-refractivity contribution in [1.82, 2.24) is 0 Å². The van der Waals surface area contributed by atoms with Gasteiger partial charge in [0, 0.05) is 11.5 Å². The Hall–Kier alpha value is 0.0600. The van der Waals surface area contributed by atoms with Gasteiger partial charge >= 0.3 is 0 Å². The van der Waals surface area contributed by atoms with Gasteiger partial charge in [0.15, 0.2) is 10.6 Å². The zero-order valence-electron chi connectivity index (χ0n) is 8.71. The molecule has 2 rings (SSSR count). The lowest BCUT2D eigenvalue weighted by Crippen LogP contribution is -2.24. The van der Waals surface area contributed by atoms with Crippen LogP contribution < -0.4 is 0 Å². The van der Waals surface area contributed by atoms with Crippen LogP contribution >= 0.6 is 22.6 Å². The molecule has 1 N–H and O–H groups in total. The smallest absolute Gasteiger partial charge is 0.198 e. The number of benzene rings is 1. The molecule has 4 heteroatoms. The number of phenolic OH excluding ortho intramolecular Hbond substituents is 1. The number of rotatable bonds is 0. The van der Waals surface area contributed by atoms with Crippen LogP contribution in [-0.4, -0.2) is 15.4 Å². The number of hydrogen-bond donors (Lipinski definition) is 1. The second-order valence-electron chi connectivity index (χ2n) is 4.15. The molecule has 0 aromatic heterocycles. The van der Waals surface area contributed by atoms with Crippen LogP contribution in [0.2, 0.25) is 0 Å². The highest BCUT2D eigenvalue weighted by Crippen LogP contribution is 2.39. The monoisotopic (exact) mass is 336 g/mol. The van der Waals surface area contributed by atoms with E-state index in [1.54, 1.807) is 0 Å². The van der Waals surface area contributed by atoms with Crippen molar-refractivity contribution in [3.63, 3.8) is 0 Å². The molecule has 0 radical (unpaired) electrons. The SMILES string of the molecule is Cc1cc(I)c(O)c2c1CC(C)C[S@@+]2[O-]. The summed E-state index contributed by atoms with van der Waals surface area (Å²) in [4.78, 5) is 0.678. The van der Waals surface area contributed by atoms with Gasteiger partial charge in [0.05, 0.1) is 3.57 Å². The van der Waals surface area contributed by atoms with Crippen molar-refractivity contribution in [3.8, 4) is 5.75 Å². The lowest BCUT2D eigenvalue weighted by molar-refractivity contribution is 0.446. The van der Waals surface area contributed by atoms with Crippen LogP contribution in [0.25, 0.3) is 0 Å². The van der Waals surface area contributed by atoms with Crippen LogP contribution in [0.3, 0.4) is 0 Å². The molecular formula is C11H13IO2S. The van der Waals surface area contributed by atoms with Crippen LogP contribution in [0.4, 0.5) is 0 Å². The number of phenols is 1. The third kappa shape index (κ3) is 1.99. The summed E-state index contributed by atoms with van der Waals surface area (Å²) in [7, 11) is 0. The number of aromatic hydroxyl groups is 1. The summed E-state index contributed by atoms with van der Waals surface area (Å²) in [5.74, 6) is 1.33. The molecule has 1 unspecified atom stereocenters. The molecule has 1 aliphatic rings. The van der Waals surface area contributed by atoms with Crippen molar-refractivity contribution < 1.29 is 9.66 Å². The summed E-state index contributed by atoms with van der Waals surface area (Å²) < 4.78 is 12.8. The normalized spacial score (nSPS) is 25.1. The molecule has 0 amide bonds. The second kappa shape index (κ2) is 4.14. The molecule has 82 valence electrons. The van der Waals surface area contributed by atoms with Gasteiger partial charge in [-0.3, -0.25) is 0 Å². The van der Waals surface area contributed by atoms with Crippen LogP contribution in [0, 0.1) is 16.4 Å². The van der Waals surface area contributed by atoms with E-state index in [9.17, 15) is 9.66 Å². The fourth-order valence-corrected chi connectivity index (χ4v) is 4.59. The minimum absolute atomic E-state index is 0.224. The summed E-state index contributed by atoms with van der Waals surface area (Å²) in [5.41, 5.74) is 2.23. The van der Waals surface area contributed by atoms with Crippen molar-refractivity contribution in [2.75, 3.05) is 5.75 Å². The van der Waals surface area contributed by atoms with Gasteiger partial charge in [-0.05, 0) is 58.7 Å². The summed E-state index contributed by atoms with van der Waals surface area (Å²) in [5, 5.41) is 9.92. The zero-order chi connectivity index (χ0) is 11.2. The molecule has 0 bridgehead atoms. The number of halogens is 1. The number of fused-ring (bicyclic) bond motifs is 1. The van der Waals surface area contributed by atoms with Gasteiger partial charge in [0.1, 0.15) is 5.75 Å². The molecule has 0 fully saturated rings. The minimum atomic E-state index is -1.03. The molecule has 0 saturated carbocycles. The van der Waals surface area contributed by atoms with E-state index >= 15 is 0 Å². The van der Waals surface area contributed by atoms with E-state index in [2.05, 4.69) is 29.5 Å². The fraction of sp³-hybridized carbons (Fsp3) is 0.455. The summed E-state index contributed by atoms with van der Waals surface area (Å²) in [6.45, 7) is 4.13. The van der Waals surface area contributed by atoms with E-state index in [1.807, 2.05) is 13.0 Å². The van der Waals surface area contributed by atoms with Gasteiger partial charge in [0.2, 0.25) is 0 Å². The Morgan fingerprint density at radius 2 is 2.27 bits per heavy atom. The highest BCUT2D eigenvalue weighted by Gasteiger charge is 2.32. The average molecular weight is 336 g/mol. The highest BCUT2D eigenvalue weighted by molar-refractivity contribution is 14.1. The third-order valence-electron chi connectivity index (χ3n) is 2.75. The Bertz CT molecular complexity index is 406. The van der Waals surface area contributed by atoms with Crippen LogP contribution in [-0.2, 0) is 17.6 Å². The molecule has 1 heterocycles. The van der Waals surface area contributed by atoms with Crippen LogP contribution in [0.15, 0.2) is 11.0 Å². The zero-order valence-corrected chi connectivity index (χ0v) is 11.7. The number of aryl methyl sites for hydroxylation is 1. The Kier molecular flexibility index (Phi) is 3.19. The molecule has 2 nitrogen and oxygen atoms in total. The molecule has 2 atom stereocenters. The standard InChI is InChI=1S/C11H13IO2S/c1-6-3-8-7(2)4-9(12)10(13)11(8)15(14)5-6/h4,6,13H,3,5H2,1-2H3/t6?,15-/m1/s1. The first-order chi connectivity index (χ1) is 7.00. The van der Waals surface area contributed by atoms with Gasteiger partial charge in [-0.1, -0.05) is 6.92 Å². The highest BCUT2D eigenvalue weighted by atomic mass is 127. The van der Waals surface area contributed by atoms with Gasteiger partial charge in [-0.15, -0.1) is 0 Å². The van der Waals surface area contributed by atoms with E-state index < -0.39 is 11.2 Å². The lowest BCUT2D eigenvalue weighted by Gasteiger charge is -2.26. The molecular weight excluding hydrogens is 323 g/mol. The average Bonchev–Trinajstić information content (AvgIpc) is 2.13. The first-order valence-corrected chi connectivity index (χ1v) is 7.29. The van der Waals surface area contributed by atoms with E-state index in [0.717, 1.165) is 21.1 Å². The maximum Gasteiger partial charge on any atom is 0.198 e. The van der Waals surface area contributed by atoms with E-state index in [4.69, 9.17) is 0 Å². The van der Waals surface area contributed by atoms with Crippen molar-refractivity contribution >= 4 is 33.8 Å². The lowest BCUT2D eigenvalue weighted by atomic mass is 9.97. The van der Waals surface area contributed by atoms with Gasteiger partial charge in [0.25, 0.3) is 0 Å². The number of hydrogen-bond acceptors (Lipinski definition) is 2. The fourth-order valence-electron chi connectivity index (χ4n) is 2.02. The molecule has 0 saturated heterocycles. The molecule has 0 aliphatic carbocycles. The Morgan fingerprint density at radius 3 is 2.93 bits per heavy atom. The second-order valence-corrected chi connectivity index (χ2v) is 6.75. The Labute approximate surface area is 106 Å². The molecule has 0 spiro atoms. The molecule has 1 aliphatic heterocycles. The Balaban J connectivity index is 2.63. The molecule has 1 aromatic rings. The van der Waals surface area contributed by atoms with Crippen molar-refractivity contribution in [2.45, 2.75) is 25.2 Å². The van der Waals surface area contributed by atoms with Crippen LogP contribution in [0.1, 0.15) is 18.1 Å². The van der Waals surface area contributed by atoms with Gasteiger partial charge < -0.3 is 9.66 Å². The van der Waals surface area contributed by atoms with Gasteiger partial charge in [-0.25, -0.2) is 0 Å². The summed E-state index contributed by atoms with van der Waals surface area (Å²) in [6.07, 6.45) is 0.928. The predicted octanol–water partition coefficient (Wildman–Crippen LogP) is 2.61. The first kappa shape index (κ1) is 11.5. The maximum atomic E-state index is 12.0. The third-order valence-corrected chi connectivity index (χ3v) is 5.34. The van der Waals surface area contributed by atoms with Gasteiger partial charge in [-0.2, -0.15) is 0 Å². The summed E-state index contributed by atoms with van der Waals surface area (Å²) >= 11 is 1.05. The minimum Gasteiger partial charge on any atom is -0.611 e. The maximum absolute atomic E-state index is 12.0. The van der Waals surface area contributed by atoms with Crippen molar-refractivity contribution in [3.05, 3.63) is 20.8 Å². The van der Waals surface area contributed by atoms with E-state index in [-0.39, 0.29) is 5.75 Å². The first-order valence-electron chi connectivity index (χ1n) is 4.90. The van der Waals surface area contributed by atoms with Crippen molar-refractivity contribution in [1.29, 1.82) is 0 Å². The molecule has 1 aromatic carbocycles. The predicted molar refractivity (Wildman–Crippen MR) is 69.7 cm³/mol. The topological polar surface area (TPSA) is 43.3 Å². The molecule has 15 heavy (non-hydrogen) atoms. The summed E-state index contributed by atoms with van der Waals surface area (Å²) in [6, 6.07) is 1.96.